The van der Waals surface area contributed by atoms with Crippen LogP contribution in [-0.2, 0) is 0 Å². The lowest BCUT2D eigenvalue weighted by atomic mass is 9.98. The second-order valence-corrected chi connectivity index (χ2v) is 7.55. The van der Waals surface area contributed by atoms with E-state index in [4.69, 9.17) is 9.98 Å². The standard InChI is InChI=1S/C23H21FN4S/c1-15(16-6-4-3-5-7-16)26-20-14-18(12-13-25-20)22-21(27-23(28-22)29-2)17-8-10-19(24)11-9-17/h3-15,21H,1-2H3,(H,25,26)/t15-,21+/m1/s1. The predicted octanol–water partition coefficient (Wildman–Crippen LogP) is 5.66. The van der Waals surface area contributed by atoms with E-state index in [2.05, 4.69) is 29.4 Å². The van der Waals surface area contributed by atoms with Gasteiger partial charge in [-0.05, 0) is 48.6 Å². The molecule has 0 bridgehead atoms. The van der Waals surface area contributed by atoms with Gasteiger partial charge in [-0.25, -0.2) is 19.4 Å². The van der Waals surface area contributed by atoms with Crippen LogP contribution in [0, 0.1) is 5.82 Å². The lowest BCUT2D eigenvalue weighted by molar-refractivity contribution is 0.627. The Bertz CT molecular complexity index is 1050. The number of nitrogens with one attached hydrogen (secondary N) is 1. The van der Waals surface area contributed by atoms with E-state index in [1.807, 2.05) is 36.6 Å². The molecule has 6 heteroatoms. The average Bonchev–Trinajstić information content (AvgIpc) is 3.20. The molecule has 146 valence electrons. The van der Waals surface area contributed by atoms with Crippen LogP contribution in [0.3, 0.4) is 0 Å². The third kappa shape index (κ3) is 4.38. The van der Waals surface area contributed by atoms with Gasteiger partial charge in [0.15, 0.2) is 5.17 Å². The Balaban J connectivity index is 1.61. The van der Waals surface area contributed by atoms with E-state index in [9.17, 15) is 4.39 Å². The number of pyridine rings is 1. The van der Waals surface area contributed by atoms with Crippen molar-refractivity contribution in [3.8, 4) is 0 Å². The van der Waals surface area contributed by atoms with Crippen LogP contribution < -0.4 is 5.32 Å². The minimum Gasteiger partial charge on any atom is -0.364 e. The van der Waals surface area contributed by atoms with Gasteiger partial charge in [0.2, 0.25) is 0 Å². The quantitative estimate of drug-likeness (QED) is 0.597. The molecule has 0 saturated carbocycles. The van der Waals surface area contributed by atoms with Gasteiger partial charge in [-0.2, -0.15) is 0 Å². The van der Waals surface area contributed by atoms with E-state index >= 15 is 0 Å². The summed E-state index contributed by atoms with van der Waals surface area (Å²) in [6.45, 7) is 2.10. The van der Waals surface area contributed by atoms with E-state index in [-0.39, 0.29) is 17.9 Å². The Morgan fingerprint density at radius 2 is 1.79 bits per heavy atom. The maximum Gasteiger partial charge on any atom is 0.183 e. The fourth-order valence-electron chi connectivity index (χ4n) is 3.28. The highest BCUT2D eigenvalue weighted by Crippen LogP contribution is 2.31. The van der Waals surface area contributed by atoms with Gasteiger partial charge in [0.25, 0.3) is 0 Å². The van der Waals surface area contributed by atoms with Crippen molar-refractivity contribution in [2.75, 3.05) is 11.6 Å². The predicted molar refractivity (Wildman–Crippen MR) is 119 cm³/mol. The lowest BCUT2D eigenvalue weighted by Gasteiger charge is -2.16. The smallest absolute Gasteiger partial charge is 0.183 e. The summed E-state index contributed by atoms with van der Waals surface area (Å²) < 4.78 is 13.4. The summed E-state index contributed by atoms with van der Waals surface area (Å²) in [5.41, 5.74) is 3.90. The second kappa shape index (κ2) is 8.57. The van der Waals surface area contributed by atoms with Crippen molar-refractivity contribution in [3.63, 3.8) is 0 Å². The molecule has 2 atom stereocenters. The van der Waals surface area contributed by atoms with Crippen LogP contribution in [-0.4, -0.2) is 22.1 Å². The Labute approximate surface area is 174 Å². The van der Waals surface area contributed by atoms with Crippen LogP contribution >= 0.6 is 11.8 Å². The summed E-state index contributed by atoms with van der Waals surface area (Å²) in [7, 11) is 0. The number of anilines is 1. The summed E-state index contributed by atoms with van der Waals surface area (Å²) in [6.07, 6.45) is 3.73. The molecule has 2 aromatic carbocycles. The van der Waals surface area contributed by atoms with E-state index in [0.29, 0.717) is 0 Å². The number of hydrogen-bond acceptors (Lipinski definition) is 5. The zero-order chi connectivity index (χ0) is 20.2. The highest BCUT2D eigenvalue weighted by atomic mass is 32.2. The number of amidine groups is 1. The summed E-state index contributed by atoms with van der Waals surface area (Å²) in [4.78, 5) is 13.9. The maximum atomic E-state index is 13.4. The van der Waals surface area contributed by atoms with Gasteiger partial charge in [0.05, 0.1) is 5.71 Å². The van der Waals surface area contributed by atoms with Crippen LogP contribution in [0.15, 0.2) is 82.9 Å². The van der Waals surface area contributed by atoms with Crippen LogP contribution in [0.2, 0.25) is 0 Å². The van der Waals surface area contributed by atoms with Gasteiger partial charge in [-0.1, -0.05) is 54.2 Å². The first-order chi connectivity index (χ1) is 14.1. The summed E-state index contributed by atoms with van der Waals surface area (Å²) >= 11 is 1.50. The summed E-state index contributed by atoms with van der Waals surface area (Å²) in [5.74, 6) is 0.515. The molecule has 0 amide bonds. The van der Waals surface area contributed by atoms with Crippen LogP contribution in [0.4, 0.5) is 10.2 Å². The van der Waals surface area contributed by atoms with Crippen molar-refractivity contribution in [3.05, 3.63) is 95.4 Å². The van der Waals surface area contributed by atoms with Crippen molar-refractivity contribution in [2.45, 2.75) is 19.0 Å². The van der Waals surface area contributed by atoms with Crippen LogP contribution in [0.5, 0.6) is 0 Å². The zero-order valence-electron chi connectivity index (χ0n) is 16.2. The molecule has 4 nitrogen and oxygen atoms in total. The number of halogens is 1. The second-order valence-electron chi connectivity index (χ2n) is 6.77. The van der Waals surface area contributed by atoms with Gasteiger partial charge in [0, 0.05) is 17.8 Å². The Morgan fingerprint density at radius 3 is 2.52 bits per heavy atom. The highest BCUT2D eigenvalue weighted by Gasteiger charge is 2.26. The topological polar surface area (TPSA) is 49.6 Å². The van der Waals surface area contributed by atoms with Crippen molar-refractivity contribution in [1.82, 2.24) is 4.98 Å². The van der Waals surface area contributed by atoms with Gasteiger partial charge >= 0.3 is 0 Å². The highest BCUT2D eigenvalue weighted by molar-refractivity contribution is 8.13. The number of hydrogen-bond donors (Lipinski definition) is 1. The van der Waals surface area contributed by atoms with Gasteiger partial charge < -0.3 is 5.32 Å². The summed E-state index contributed by atoms with van der Waals surface area (Å²) in [6, 6.07) is 20.5. The first-order valence-electron chi connectivity index (χ1n) is 9.38. The van der Waals surface area contributed by atoms with Crippen LogP contribution in [0.25, 0.3) is 0 Å². The molecule has 1 aliphatic heterocycles. The largest absolute Gasteiger partial charge is 0.364 e. The van der Waals surface area contributed by atoms with E-state index in [1.54, 1.807) is 18.3 Å². The van der Waals surface area contributed by atoms with Crippen LogP contribution in [0.1, 0.15) is 35.7 Å². The minimum absolute atomic E-state index is 0.121. The third-order valence-corrected chi connectivity index (χ3v) is 5.36. The maximum absolute atomic E-state index is 13.4. The number of benzene rings is 2. The van der Waals surface area contributed by atoms with E-state index in [0.717, 1.165) is 27.8 Å². The monoisotopic (exact) mass is 404 g/mol. The number of aromatic nitrogens is 1. The number of thioether (sulfide) groups is 1. The molecule has 1 N–H and O–H groups in total. The molecule has 0 saturated heterocycles. The number of rotatable bonds is 5. The molecule has 1 aliphatic rings. The van der Waals surface area contributed by atoms with Gasteiger partial charge in [-0.3, -0.25) is 0 Å². The van der Waals surface area contributed by atoms with Gasteiger partial charge in [0.1, 0.15) is 17.7 Å². The molecule has 0 spiro atoms. The first-order valence-corrected chi connectivity index (χ1v) is 10.6. The molecular formula is C23H21FN4S. The average molecular weight is 405 g/mol. The third-order valence-electron chi connectivity index (χ3n) is 4.80. The molecule has 4 rings (SSSR count). The van der Waals surface area contributed by atoms with Crippen molar-refractivity contribution in [2.24, 2.45) is 9.98 Å². The fourth-order valence-corrected chi connectivity index (χ4v) is 3.68. The normalized spacial score (nSPS) is 16.9. The van der Waals surface area contributed by atoms with E-state index in [1.165, 1.54) is 29.5 Å². The molecule has 29 heavy (non-hydrogen) atoms. The molecular weight excluding hydrogens is 383 g/mol. The fraction of sp³-hybridized carbons (Fsp3) is 0.174. The van der Waals surface area contributed by atoms with Crippen molar-refractivity contribution < 1.29 is 4.39 Å². The van der Waals surface area contributed by atoms with Crippen molar-refractivity contribution >= 4 is 28.5 Å². The number of nitrogens with zero attached hydrogens (tertiary/aromatic N) is 3. The Kier molecular flexibility index (Phi) is 5.71. The van der Waals surface area contributed by atoms with Gasteiger partial charge in [-0.15, -0.1) is 0 Å². The molecule has 1 aromatic heterocycles. The molecule has 0 fully saturated rings. The molecule has 2 heterocycles. The Morgan fingerprint density at radius 1 is 1.03 bits per heavy atom. The molecule has 0 radical (unpaired) electrons. The molecule has 0 unspecified atom stereocenters. The molecule has 0 aliphatic carbocycles. The first kappa shape index (κ1) is 19.3. The number of aliphatic imine (C=N–C) groups is 2. The molecule has 3 aromatic rings. The van der Waals surface area contributed by atoms with Crippen molar-refractivity contribution in [1.29, 1.82) is 0 Å². The SMILES string of the molecule is CSC1=N[C@@H](c2ccc(F)cc2)C(c2ccnc(N[C@H](C)c3ccccc3)c2)=N1. The minimum atomic E-state index is -0.260. The Hall–Kier alpha value is -2.99. The summed E-state index contributed by atoms with van der Waals surface area (Å²) in [5, 5.41) is 4.17. The van der Waals surface area contributed by atoms with E-state index < -0.39 is 0 Å². The lowest BCUT2D eigenvalue weighted by Crippen LogP contribution is -2.12. The zero-order valence-corrected chi connectivity index (χ0v) is 17.0.